The third kappa shape index (κ3) is 4.04. The van der Waals surface area contributed by atoms with Crippen LogP contribution < -0.4 is 5.43 Å². The van der Waals surface area contributed by atoms with Crippen LogP contribution in [0.4, 0.5) is 0 Å². The largest absolute Gasteiger partial charge is 0.359 e. The van der Waals surface area contributed by atoms with Crippen molar-refractivity contribution < 1.29 is 4.74 Å². The van der Waals surface area contributed by atoms with E-state index in [1.807, 2.05) is 0 Å². The summed E-state index contributed by atoms with van der Waals surface area (Å²) in [5.41, 5.74) is 3.27. The molecule has 0 saturated carbocycles. The summed E-state index contributed by atoms with van der Waals surface area (Å²) in [5, 5.41) is 2.15. The van der Waals surface area contributed by atoms with Gasteiger partial charge in [-0.2, -0.15) is 0 Å². The van der Waals surface area contributed by atoms with Gasteiger partial charge in [-0.15, -0.1) is 0 Å². The molecule has 1 fully saturated rings. The van der Waals surface area contributed by atoms with Gasteiger partial charge in [0.1, 0.15) is 6.73 Å². The van der Waals surface area contributed by atoms with Crippen LogP contribution in [0.3, 0.4) is 0 Å². The molecule has 0 radical (unpaired) electrons. The van der Waals surface area contributed by atoms with Crippen molar-refractivity contribution in [3.05, 3.63) is 0 Å². The first kappa shape index (κ1) is 9.96. The van der Waals surface area contributed by atoms with E-state index in [9.17, 15) is 0 Å². The lowest BCUT2D eigenvalue weighted by atomic mass is 10.2. The number of hydrazine groups is 1. The third-order valence-corrected chi connectivity index (χ3v) is 1.84. The molecule has 72 valence electrons. The Morgan fingerprint density at radius 3 is 2.58 bits per heavy atom. The van der Waals surface area contributed by atoms with Crippen molar-refractivity contribution in [2.24, 2.45) is 0 Å². The molecule has 3 heteroatoms. The average molecular weight is 172 g/mol. The van der Waals surface area contributed by atoms with Crippen molar-refractivity contribution in [3.8, 4) is 0 Å². The molecule has 12 heavy (non-hydrogen) atoms. The zero-order valence-corrected chi connectivity index (χ0v) is 8.39. The minimum Gasteiger partial charge on any atom is -0.359 e. The summed E-state index contributed by atoms with van der Waals surface area (Å²) in [5.74, 6) is 0. The second-order valence-corrected chi connectivity index (χ2v) is 4.26. The minimum absolute atomic E-state index is 0.0286. The van der Waals surface area contributed by atoms with Gasteiger partial charge >= 0.3 is 0 Å². The normalized spacial score (nSPS) is 21.2. The first-order chi connectivity index (χ1) is 5.58. The summed E-state index contributed by atoms with van der Waals surface area (Å²) in [6.45, 7) is 9.14. The van der Waals surface area contributed by atoms with Crippen LogP contribution in [0.15, 0.2) is 0 Å². The van der Waals surface area contributed by atoms with Crippen LogP contribution >= 0.6 is 0 Å². The predicted octanol–water partition coefficient (Wildman–Crippen LogP) is 1.36. The Morgan fingerprint density at radius 2 is 2.08 bits per heavy atom. The van der Waals surface area contributed by atoms with Gasteiger partial charge in [0.05, 0.1) is 5.60 Å². The Bertz CT molecular complexity index is 125. The lowest BCUT2D eigenvalue weighted by Gasteiger charge is -2.30. The van der Waals surface area contributed by atoms with E-state index in [1.54, 1.807) is 0 Å². The molecule has 0 unspecified atom stereocenters. The number of nitrogens with zero attached hydrogens (tertiary/aromatic N) is 1. The zero-order chi connectivity index (χ0) is 9.03. The standard InChI is InChI=1S/C9H20N2O/c1-9(2,3)12-8-11-7-5-4-6-10-11/h10H,4-8H2,1-3H3. The predicted molar refractivity (Wildman–Crippen MR) is 49.6 cm³/mol. The maximum atomic E-state index is 5.63. The summed E-state index contributed by atoms with van der Waals surface area (Å²) in [6.07, 6.45) is 2.56. The van der Waals surface area contributed by atoms with Crippen LogP contribution in [-0.4, -0.2) is 30.4 Å². The zero-order valence-electron chi connectivity index (χ0n) is 8.39. The van der Waals surface area contributed by atoms with Gasteiger partial charge in [0.15, 0.2) is 0 Å². The second-order valence-electron chi connectivity index (χ2n) is 4.26. The van der Waals surface area contributed by atoms with E-state index < -0.39 is 0 Å². The molecule has 1 rings (SSSR count). The van der Waals surface area contributed by atoms with Crippen LogP contribution in [-0.2, 0) is 4.74 Å². The van der Waals surface area contributed by atoms with Gasteiger partial charge in [-0.05, 0) is 33.6 Å². The van der Waals surface area contributed by atoms with Crippen molar-refractivity contribution >= 4 is 0 Å². The first-order valence-corrected chi connectivity index (χ1v) is 4.70. The summed E-state index contributed by atoms with van der Waals surface area (Å²) in [6, 6.07) is 0. The van der Waals surface area contributed by atoms with Crippen LogP contribution in [0, 0.1) is 0 Å². The highest BCUT2D eigenvalue weighted by Crippen LogP contribution is 2.08. The van der Waals surface area contributed by atoms with Gasteiger partial charge in [-0.3, -0.25) is 5.43 Å². The number of nitrogens with one attached hydrogen (secondary N) is 1. The molecule has 1 aliphatic rings. The molecule has 1 N–H and O–H groups in total. The van der Waals surface area contributed by atoms with E-state index in [0.717, 1.165) is 13.1 Å². The number of ether oxygens (including phenoxy) is 1. The number of rotatable bonds is 2. The fraction of sp³-hybridized carbons (Fsp3) is 1.00. The number of hydrogen-bond donors (Lipinski definition) is 1. The fourth-order valence-corrected chi connectivity index (χ4v) is 1.13. The average Bonchev–Trinajstić information content (AvgIpc) is 2.02. The molecule has 0 bridgehead atoms. The highest BCUT2D eigenvalue weighted by atomic mass is 16.5. The third-order valence-electron chi connectivity index (χ3n) is 1.84. The first-order valence-electron chi connectivity index (χ1n) is 4.70. The quantitative estimate of drug-likeness (QED) is 0.680. The van der Waals surface area contributed by atoms with Gasteiger partial charge in [0.2, 0.25) is 0 Å². The van der Waals surface area contributed by atoms with Gasteiger partial charge < -0.3 is 4.74 Å². The van der Waals surface area contributed by atoms with Crippen molar-refractivity contribution in [1.29, 1.82) is 0 Å². The maximum Gasteiger partial charge on any atom is 0.112 e. The van der Waals surface area contributed by atoms with Gasteiger partial charge in [0.25, 0.3) is 0 Å². The van der Waals surface area contributed by atoms with E-state index in [1.165, 1.54) is 12.8 Å². The molecule has 0 aromatic rings. The minimum atomic E-state index is -0.0286. The lowest BCUT2D eigenvalue weighted by Crippen LogP contribution is -2.45. The Kier molecular flexibility index (Phi) is 3.50. The molecule has 0 aromatic carbocycles. The lowest BCUT2D eigenvalue weighted by molar-refractivity contribution is -0.0852. The van der Waals surface area contributed by atoms with Crippen molar-refractivity contribution in [1.82, 2.24) is 10.4 Å². The van der Waals surface area contributed by atoms with Gasteiger partial charge in [-0.1, -0.05) is 0 Å². The Labute approximate surface area is 75.0 Å². The number of hydrogen-bond acceptors (Lipinski definition) is 3. The van der Waals surface area contributed by atoms with Gasteiger partial charge in [0, 0.05) is 13.1 Å². The Balaban J connectivity index is 2.13. The van der Waals surface area contributed by atoms with Crippen molar-refractivity contribution in [3.63, 3.8) is 0 Å². The smallest absolute Gasteiger partial charge is 0.112 e. The van der Waals surface area contributed by atoms with Crippen molar-refractivity contribution in [2.45, 2.75) is 39.2 Å². The molecule has 0 aromatic heterocycles. The molecular weight excluding hydrogens is 152 g/mol. The molecule has 1 aliphatic heterocycles. The molecule has 3 nitrogen and oxygen atoms in total. The van der Waals surface area contributed by atoms with Crippen LogP contribution in [0.2, 0.25) is 0 Å². The summed E-state index contributed by atoms with van der Waals surface area (Å²) < 4.78 is 5.63. The monoisotopic (exact) mass is 172 g/mol. The Hall–Kier alpha value is -0.120. The van der Waals surface area contributed by atoms with E-state index in [2.05, 4.69) is 31.2 Å². The SMILES string of the molecule is CC(C)(C)OCN1CCCCN1. The van der Waals surface area contributed by atoms with Crippen LogP contribution in [0.25, 0.3) is 0 Å². The summed E-state index contributed by atoms with van der Waals surface area (Å²) in [7, 11) is 0. The van der Waals surface area contributed by atoms with Gasteiger partial charge in [-0.25, -0.2) is 5.01 Å². The fourth-order valence-electron chi connectivity index (χ4n) is 1.13. The van der Waals surface area contributed by atoms with E-state index in [4.69, 9.17) is 4.74 Å². The molecule has 0 atom stereocenters. The molecule has 0 aliphatic carbocycles. The van der Waals surface area contributed by atoms with Crippen LogP contribution in [0.1, 0.15) is 33.6 Å². The van der Waals surface area contributed by atoms with Crippen molar-refractivity contribution in [2.75, 3.05) is 19.8 Å². The maximum absolute atomic E-state index is 5.63. The molecule has 0 spiro atoms. The highest BCUT2D eigenvalue weighted by molar-refractivity contribution is 4.61. The Morgan fingerprint density at radius 1 is 1.33 bits per heavy atom. The van der Waals surface area contributed by atoms with E-state index in [0.29, 0.717) is 6.73 Å². The molecule has 1 saturated heterocycles. The topological polar surface area (TPSA) is 24.5 Å². The molecule has 1 heterocycles. The van der Waals surface area contributed by atoms with E-state index >= 15 is 0 Å². The summed E-state index contributed by atoms with van der Waals surface area (Å²) >= 11 is 0. The second kappa shape index (κ2) is 4.21. The summed E-state index contributed by atoms with van der Waals surface area (Å²) in [4.78, 5) is 0. The van der Waals surface area contributed by atoms with E-state index in [-0.39, 0.29) is 5.60 Å². The molecular formula is C9H20N2O. The van der Waals surface area contributed by atoms with Crippen LogP contribution in [0.5, 0.6) is 0 Å². The molecule has 0 amide bonds. The highest BCUT2D eigenvalue weighted by Gasteiger charge is 2.14.